The van der Waals surface area contributed by atoms with Gasteiger partial charge in [0.25, 0.3) is 5.91 Å². The van der Waals surface area contributed by atoms with E-state index in [1.807, 2.05) is 6.07 Å². The van der Waals surface area contributed by atoms with E-state index in [4.69, 9.17) is 10.5 Å². The van der Waals surface area contributed by atoms with E-state index in [1.165, 1.54) is 11.0 Å². The van der Waals surface area contributed by atoms with Crippen molar-refractivity contribution < 1.29 is 19.0 Å². The minimum absolute atomic E-state index is 0.0738. The lowest BCUT2D eigenvalue weighted by atomic mass is 9.96. The Bertz CT molecular complexity index is 1240. The first kappa shape index (κ1) is 21.2. The quantitative estimate of drug-likeness (QED) is 0.547. The Kier molecular flexibility index (Phi) is 5.38. The van der Waals surface area contributed by atoms with Crippen molar-refractivity contribution in [1.82, 2.24) is 4.98 Å². The van der Waals surface area contributed by atoms with Crippen molar-refractivity contribution in [2.45, 2.75) is 25.4 Å². The average molecular weight is 448 g/mol. The molecule has 1 amide bonds. The molecular weight excluding hydrogens is 423 g/mol. The molecule has 5 rings (SSSR count). The Morgan fingerprint density at radius 2 is 2.09 bits per heavy atom. The molecular formula is C25H25FN4O3. The fourth-order valence-electron chi connectivity index (χ4n) is 4.50. The van der Waals surface area contributed by atoms with Gasteiger partial charge in [0.15, 0.2) is 0 Å². The molecule has 8 heteroatoms. The van der Waals surface area contributed by atoms with Crippen LogP contribution in [-0.2, 0) is 6.61 Å². The minimum atomic E-state index is -0.577. The molecule has 1 aromatic heterocycles. The van der Waals surface area contributed by atoms with Crippen molar-refractivity contribution in [2.24, 2.45) is 0 Å². The molecule has 0 saturated heterocycles. The standard InChI is InChI=1S/C25H25FN4O3/c1-28-23-17(7-8-29-24(23)27)16-3-2-4-20(18(16)13-31)30-9-10-33-21-12-15(14-5-6-14)11-19(26)22(21)25(30)32/h2-4,7-8,11-12,14,28,31H,5-6,9-10,13H2,1H3,(H2,27,29). The number of nitrogen functional groups attached to an aromatic ring is 1. The van der Waals surface area contributed by atoms with Crippen molar-refractivity contribution >= 4 is 23.1 Å². The summed E-state index contributed by atoms with van der Waals surface area (Å²) in [6.07, 6.45) is 3.64. The van der Waals surface area contributed by atoms with Crippen LogP contribution in [0.25, 0.3) is 11.1 Å². The van der Waals surface area contributed by atoms with E-state index in [2.05, 4.69) is 10.3 Å². The van der Waals surface area contributed by atoms with Crippen LogP contribution in [0.3, 0.4) is 0 Å². The number of halogens is 1. The second-order valence-electron chi connectivity index (χ2n) is 8.29. The molecule has 2 aliphatic rings. The lowest BCUT2D eigenvalue weighted by Gasteiger charge is -2.25. The molecule has 33 heavy (non-hydrogen) atoms. The monoisotopic (exact) mass is 448 g/mol. The van der Waals surface area contributed by atoms with E-state index in [0.717, 1.165) is 24.0 Å². The highest BCUT2D eigenvalue weighted by molar-refractivity contribution is 6.09. The molecule has 2 heterocycles. The molecule has 170 valence electrons. The van der Waals surface area contributed by atoms with Crippen molar-refractivity contribution in [3.05, 3.63) is 65.1 Å². The van der Waals surface area contributed by atoms with E-state index < -0.39 is 11.7 Å². The van der Waals surface area contributed by atoms with Gasteiger partial charge >= 0.3 is 0 Å². The van der Waals surface area contributed by atoms with Crippen LogP contribution in [0, 0.1) is 5.82 Å². The van der Waals surface area contributed by atoms with Crippen LogP contribution in [0.2, 0.25) is 0 Å². The number of amides is 1. The summed E-state index contributed by atoms with van der Waals surface area (Å²) in [4.78, 5) is 19.1. The van der Waals surface area contributed by atoms with Gasteiger partial charge in [0.05, 0.1) is 24.5 Å². The number of aromatic nitrogens is 1. The fraction of sp³-hybridized carbons (Fsp3) is 0.280. The first-order valence-corrected chi connectivity index (χ1v) is 11.0. The summed E-state index contributed by atoms with van der Waals surface area (Å²) in [5.41, 5.74) is 9.94. The third-order valence-corrected chi connectivity index (χ3v) is 6.28. The van der Waals surface area contributed by atoms with Crippen LogP contribution < -0.4 is 20.7 Å². The third kappa shape index (κ3) is 3.66. The Morgan fingerprint density at radius 3 is 2.82 bits per heavy atom. The predicted molar refractivity (Wildman–Crippen MR) is 125 cm³/mol. The lowest BCUT2D eigenvalue weighted by molar-refractivity contribution is 0.0985. The summed E-state index contributed by atoms with van der Waals surface area (Å²) < 4.78 is 20.9. The topological polar surface area (TPSA) is 101 Å². The van der Waals surface area contributed by atoms with Crippen molar-refractivity contribution in [3.8, 4) is 16.9 Å². The second kappa shape index (κ2) is 8.37. The number of carbonyl (C=O) groups is 1. The van der Waals surface area contributed by atoms with E-state index in [-0.39, 0.29) is 31.1 Å². The van der Waals surface area contributed by atoms with Gasteiger partial charge in [-0.05, 0) is 54.2 Å². The summed E-state index contributed by atoms with van der Waals surface area (Å²) in [7, 11) is 1.74. The molecule has 1 fully saturated rings. The summed E-state index contributed by atoms with van der Waals surface area (Å²) in [5, 5.41) is 13.4. The van der Waals surface area contributed by atoms with Crippen LogP contribution in [0.4, 0.5) is 21.6 Å². The molecule has 7 nitrogen and oxygen atoms in total. The molecule has 0 spiro atoms. The SMILES string of the molecule is CNc1c(-c2cccc(N3CCOc4cc(C5CC5)cc(F)c4C3=O)c2CO)ccnc1N. The van der Waals surface area contributed by atoms with Gasteiger partial charge in [0, 0.05) is 24.4 Å². The van der Waals surface area contributed by atoms with Crippen LogP contribution in [-0.4, -0.2) is 36.2 Å². The Morgan fingerprint density at radius 1 is 1.27 bits per heavy atom. The number of benzene rings is 2. The number of hydrogen-bond donors (Lipinski definition) is 3. The number of nitrogens with two attached hydrogens (primary N) is 1. The van der Waals surface area contributed by atoms with E-state index in [9.17, 15) is 9.90 Å². The molecule has 0 atom stereocenters. The fourth-order valence-corrected chi connectivity index (χ4v) is 4.50. The van der Waals surface area contributed by atoms with Crippen LogP contribution in [0.1, 0.15) is 40.2 Å². The second-order valence-corrected chi connectivity index (χ2v) is 8.29. The predicted octanol–water partition coefficient (Wildman–Crippen LogP) is 3.92. The maximum absolute atomic E-state index is 15.1. The number of rotatable bonds is 5. The van der Waals surface area contributed by atoms with Crippen LogP contribution in [0.5, 0.6) is 5.75 Å². The van der Waals surface area contributed by atoms with E-state index in [1.54, 1.807) is 37.5 Å². The van der Waals surface area contributed by atoms with E-state index >= 15 is 4.39 Å². The lowest BCUT2D eigenvalue weighted by Crippen LogP contribution is -2.33. The summed E-state index contributed by atoms with van der Waals surface area (Å²) in [6.45, 7) is 0.113. The van der Waals surface area contributed by atoms with Crippen LogP contribution in [0.15, 0.2) is 42.6 Å². The Labute approximate surface area is 191 Å². The Hall–Kier alpha value is -3.65. The number of nitrogens with one attached hydrogen (secondary N) is 1. The number of hydrogen-bond acceptors (Lipinski definition) is 6. The highest BCUT2D eigenvalue weighted by Crippen LogP contribution is 2.43. The maximum Gasteiger partial charge on any atom is 0.265 e. The van der Waals surface area contributed by atoms with Gasteiger partial charge in [0.1, 0.15) is 29.6 Å². The number of aliphatic hydroxyl groups excluding tert-OH is 1. The maximum atomic E-state index is 15.1. The first-order valence-electron chi connectivity index (χ1n) is 11.0. The van der Waals surface area contributed by atoms with Gasteiger partial charge in [-0.15, -0.1) is 0 Å². The van der Waals surface area contributed by atoms with E-state index in [0.29, 0.717) is 34.2 Å². The van der Waals surface area contributed by atoms with Gasteiger partial charge in [-0.2, -0.15) is 0 Å². The smallest absolute Gasteiger partial charge is 0.265 e. The van der Waals surface area contributed by atoms with Gasteiger partial charge in [-0.25, -0.2) is 9.37 Å². The number of aliphatic hydroxyl groups is 1. The average Bonchev–Trinajstić information content (AvgIpc) is 3.66. The highest BCUT2D eigenvalue weighted by atomic mass is 19.1. The molecule has 1 aliphatic heterocycles. The number of anilines is 3. The van der Waals surface area contributed by atoms with Crippen molar-refractivity contribution in [1.29, 1.82) is 0 Å². The normalized spacial score (nSPS) is 15.6. The number of carbonyl (C=O) groups excluding carboxylic acids is 1. The van der Waals surface area contributed by atoms with Crippen molar-refractivity contribution in [3.63, 3.8) is 0 Å². The van der Waals surface area contributed by atoms with Gasteiger partial charge < -0.3 is 25.8 Å². The number of ether oxygens (including phenoxy) is 1. The third-order valence-electron chi connectivity index (χ3n) is 6.28. The van der Waals surface area contributed by atoms with Gasteiger partial charge in [-0.1, -0.05) is 12.1 Å². The summed E-state index contributed by atoms with van der Waals surface area (Å²) in [6, 6.07) is 10.4. The van der Waals surface area contributed by atoms with Gasteiger partial charge in [-0.3, -0.25) is 4.79 Å². The molecule has 1 saturated carbocycles. The summed E-state index contributed by atoms with van der Waals surface area (Å²) >= 11 is 0. The molecule has 0 radical (unpaired) electrons. The number of nitrogens with zero attached hydrogens (tertiary/aromatic N) is 2. The summed E-state index contributed by atoms with van der Waals surface area (Å²) in [5.74, 6) is -0.115. The molecule has 4 N–H and O–H groups in total. The number of fused-ring (bicyclic) bond motifs is 1. The first-order chi connectivity index (χ1) is 16.0. The zero-order valence-electron chi connectivity index (χ0n) is 18.3. The zero-order valence-corrected chi connectivity index (χ0v) is 18.3. The minimum Gasteiger partial charge on any atom is -0.491 e. The van der Waals surface area contributed by atoms with Crippen molar-refractivity contribution in [2.75, 3.05) is 36.1 Å². The molecule has 2 aromatic carbocycles. The number of pyridine rings is 1. The highest BCUT2D eigenvalue weighted by Gasteiger charge is 2.33. The molecule has 3 aromatic rings. The largest absolute Gasteiger partial charge is 0.491 e. The zero-order chi connectivity index (χ0) is 23.1. The van der Waals surface area contributed by atoms with Crippen LogP contribution >= 0.6 is 0 Å². The molecule has 0 unspecified atom stereocenters. The molecule has 0 bridgehead atoms. The molecule has 1 aliphatic carbocycles. The Balaban J connectivity index is 1.61. The van der Waals surface area contributed by atoms with Gasteiger partial charge in [0.2, 0.25) is 0 Å².